The number of carbonyl (C=O) groups excluding carboxylic acids is 1. The summed E-state index contributed by atoms with van der Waals surface area (Å²) < 4.78 is 7.92. The lowest BCUT2D eigenvalue weighted by Gasteiger charge is -2.36. The number of hydrogen-bond acceptors (Lipinski definition) is 5. The summed E-state index contributed by atoms with van der Waals surface area (Å²) in [6.45, 7) is 8.79. The first kappa shape index (κ1) is 18.2. The Morgan fingerprint density at radius 1 is 1.35 bits per heavy atom. The first-order valence-electron chi connectivity index (χ1n) is 8.95. The van der Waals surface area contributed by atoms with Gasteiger partial charge < -0.3 is 15.2 Å². The number of phenols is 1. The molecule has 1 atom stereocenters. The zero-order valence-electron chi connectivity index (χ0n) is 15.8. The van der Waals surface area contributed by atoms with Crippen molar-refractivity contribution in [3.05, 3.63) is 34.9 Å². The van der Waals surface area contributed by atoms with Crippen molar-refractivity contribution < 1.29 is 14.6 Å². The second kappa shape index (κ2) is 6.97. The van der Waals surface area contributed by atoms with Gasteiger partial charge in [-0.05, 0) is 57.2 Å². The quantitative estimate of drug-likeness (QED) is 0.800. The van der Waals surface area contributed by atoms with Gasteiger partial charge in [-0.1, -0.05) is 0 Å². The summed E-state index contributed by atoms with van der Waals surface area (Å²) in [6.07, 6.45) is 5.22. The number of fused-ring (bicyclic) bond motifs is 1. The van der Waals surface area contributed by atoms with Crippen LogP contribution in [0.15, 0.2) is 12.7 Å². The van der Waals surface area contributed by atoms with E-state index in [9.17, 15) is 9.90 Å². The monoisotopic (exact) mass is 358 g/mol. The van der Waals surface area contributed by atoms with Crippen molar-refractivity contribution in [3.63, 3.8) is 0 Å². The van der Waals surface area contributed by atoms with Crippen molar-refractivity contribution in [1.29, 1.82) is 0 Å². The van der Waals surface area contributed by atoms with E-state index in [4.69, 9.17) is 4.74 Å². The topological polar surface area (TPSA) is 89.3 Å². The average Bonchev–Trinajstić information content (AvgIpc) is 3.15. The van der Waals surface area contributed by atoms with E-state index >= 15 is 0 Å². The maximum atomic E-state index is 12.7. The Morgan fingerprint density at radius 2 is 2.12 bits per heavy atom. The molecule has 2 heterocycles. The Hall–Kier alpha value is -2.57. The van der Waals surface area contributed by atoms with Gasteiger partial charge in [0.1, 0.15) is 24.2 Å². The van der Waals surface area contributed by atoms with Crippen molar-refractivity contribution in [2.24, 2.45) is 0 Å². The van der Waals surface area contributed by atoms with E-state index in [1.165, 1.54) is 6.33 Å². The molecule has 1 aliphatic heterocycles. The third-order valence-electron chi connectivity index (χ3n) is 5.32. The average molecular weight is 358 g/mol. The van der Waals surface area contributed by atoms with Crippen LogP contribution in [0, 0.1) is 20.8 Å². The van der Waals surface area contributed by atoms with Gasteiger partial charge in [0.25, 0.3) is 5.91 Å². The zero-order chi connectivity index (χ0) is 18.9. The summed E-state index contributed by atoms with van der Waals surface area (Å²) in [6, 6.07) is 0. The summed E-state index contributed by atoms with van der Waals surface area (Å²) in [5, 5.41) is 17.3. The van der Waals surface area contributed by atoms with Gasteiger partial charge in [0.2, 0.25) is 0 Å². The summed E-state index contributed by atoms with van der Waals surface area (Å²) in [4.78, 5) is 16.6. The van der Waals surface area contributed by atoms with Gasteiger partial charge in [-0.25, -0.2) is 4.98 Å². The van der Waals surface area contributed by atoms with Crippen LogP contribution in [0.4, 0.5) is 0 Å². The van der Waals surface area contributed by atoms with Gasteiger partial charge in [-0.2, -0.15) is 5.10 Å². The van der Waals surface area contributed by atoms with Crippen molar-refractivity contribution in [2.75, 3.05) is 6.54 Å². The lowest BCUT2D eigenvalue weighted by molar-refractivity contribution is -0.136. The van der Waals surface area contributed by atoms with Crippen LogP contribution in [0.25, 0.3) is 0 Å². The highest BCUT2D eigenvalue weighted by molar-refractivity contribution is 5.85. The second-order valence-electron chi connectivity index (χ2n) is 7.13. The van der Waals surface area contributed by atoms with E-state index in [-0.39, 0.29) is 5.91 Å². The van der Waals surface area contributed by atoms with E-state index in [1.807, 2.05) is 27.7 Å². The summed E-state index contributed by atoms with van der Waals surface area (Å²) in [5.41, 5.74) is 2.65. The molecule has 2 aromatic rings. The van der Waals surface area contributed by atoms with Gasteiger partial charge >= 0.3 is 0 Å². The summed E-state index contributed by atoms with van der Waals surface area (Å²) >= 11 is 0. The maximum Gasteiger partial charge on any atom is 0.263 e. The van der Waals surface area contributed by atoms with Crippen molar-refractivity contribution in [2.45, 2.75) is 59.1 Å². The van der Waals surface area contributed by atoms with Crippen molar-refractivity contribution in [1.82, 2.24) is 20.1 Å². The molecule has 7 heteroatoms. The normalized spacial score (nSPS) is 18.9. The molecule has 1 aromatic heterocycles. The molecule has 0 spiro atoms. The molecule has 140 valence electrons. The van der Waals surface area contributed by atoms with Crippen LogP contribution < -0.4 is 10.1 Å². The number of amides is 1. The highest BCUT2D eigenvalue weighted by Gasteiger charge is 2.40. The van der Waals surface area contributed by atoms with Crippen LogP contribution >= 0.6 is 0 Å². The largest absolute Gasteiger partial charge is 0.507 e. The number of carbonyl (C=O) groups is 1. The molecule has 1 amide bonds. The molecule has 3 rings (SSSR count). The minimum absolute atomic E-state index is 0.107. The number of benzene rings is 1. The molecule has 0 bridgehead atoms. The number of rotatable bonds is 5. The fourth-order valence-corrected chi connectivity index (χ4v) is 3.39. The molecular formula is C19H26N4O3. The lowest BCUT2D eigenvalue weighted by Crippen LogP contribution is -2.51. The summed E-state index contributed by atoms with van der Waals surface area (Å²) in [5.74, 6) is 0.958. The van der Waals surface area contributed by atoms with Gasteiger partial charge in [-0.15, -0.1) is 0 Å². The number of ether oxygens (including phenoxy) is 1. The van der Waals surface area contributed by atoms with Gasteiger partial charge in [0, 0.05) is 25.1 Å². The van der Waals surface area contributed by atoms with Crippen LogP contribution in [0.2, 0.25) is 0 Å². The molecule has 0 aliphatic carbocycles. The SMILES string of the molecule is Cc1c(C)c2c(c(C)c1O)CC[C@](C)(C(=O)NCCCn1cncn1)O2. The molecule has 0 unspecified atom stereocenters. The highest BCUT2D eigenvalue weighted by Crippen LogP contribution is 2.43. The third kappa shape index (κ3) is 3.25. The molecule has 2 N–H and O–H groups in total. The Labute approximate surface area is 153 Å². The molecule has 0 radical (unpaired) electrons. The zero-order valence-corrected chi connectivity index (χ0v) is 15.8. The van der Waals surface area contributed by atoms with E-state index in [0.717, 1.165) is 34.4 Å². The van der Waals surface area contributed by atoms with E-state index in [2.05, 4.69) is 15.4 Å². The van der Waals surface area contributed by atoms with Crippen LogP contribution in [-0.4, -0.2) is 37.9 Å². The van der Waals surface area contributed by atoms with E-state index in [1.54, 1.807) is 11.0 Å². The summed E-state index contributed by atoms with van der Waals surface area (Å²) in [7, 11) is 0. The molecule has 7 nitrogen and oxygen atoms in total. The Morgan fingerprint density at radius 3 is 2.81 bits per heavy atom. The number of aromatic hydroxyl groups is 1. The fraction of sp³-hybridized carbons (Fsp3) is 0.526. The van der Waals surface area contributed by atoms with Crippen LogP contribution in [-0.2, 0) is 17.8 Å². The molecule has 0 saturated carbocycles. The van der Waals surface area contributed by atoms with Crippen LogP contribution in [0.1, 0.15) is 42.0 Å². The fourth-order valence-electron chi connectivity index (χ4n) is 3.39. The smallest absolute Gasteiger partial charge is 0.263 e. The predicted molar refractivity (Wildman–Crippen MR) is 97.3 cm³/mol. The van der Waals surface area contributed by atoms with Crippen LogP contribution in [0.3, 0.4) is 0 Å². The molecule has 0 fully saturated rings. The number of hydrogen-bond donors (Lipinski definition) is 2. The Kier molecular flexibility index (Phi) is 4.89. The first-order valence-corrected chi connectivity index (χ1v) is 8.95. The maximum absolute atomic E-state index is 12.7. The lowest BCUT2D eigenvalue weighted by atomic mass is 9.86. The van der Waals surface area contributed by atoms with Crippen LogP contribution in [0.5, 0.6) is 11.5 Å². The molecule has 1 aromatic carbocycles. The molecule has 26 heavy (non-hydrogen) atoms. The first-order chi connectivity index (χ1) is 12.3. The molecule has 1 aliphatic rings. The van der Waals surface area contributed by atoms with E-state index in [0.29, 0.717) is 31.7 Å². The standard InChI is InChI=1S/C19H26N4O3/c1-12-13(2)17-15(14(3)16(12)24)6-7-19(4,26-17)18(25)21-8-5-9-23-11-20-10-22-23/h10-11,24H,5-9H2,1-4H3,(H,21,25)/t19-/m1/s1. The van der Waals surface area contributed by atoms with Gasteiger partial charge in [-0.3, -0.25) is 9.48 Å². The van der Waals surface area contributed by atoms with Crippen molar-refractivity contribution in [3.8, 4) is 11.5 Å². The van der Waals surface area contributed by atoms with E-state index < -0.39 is 5.60 Å². The third-order valence-corrected chi connectivity index (χ3v) is 5.32. The molecular weight excluding hydrogens is 332 g/mol. The number of aromatic nitrogens is 3. The van der Waals surface area contributed by atoms with Gasteiger partial charge in [0.05, 0.1) is 0 Å². The number of nitrogens with one attached hydrogen (secondary N) is 1. The minimum Gasteiger partial charge on any atom is -0.507 e. The number of phenolic OH excluding ortho intramolecular Hbond substituents is 1. The Balaban J connectivity index is 1.67. The predicted octanol–water partition coefficient (Wildman–Crippen LogP) is 2.20. The van der Waals surface area contributed by atoms with Crippen molar-refractivity contribution >= 4 is 5.91 Å². The highest BCUT2D eigenvalue weighted by atomic mass is 16.5. The number of nitrogens with zero attached hydrogens (tertiary/aromatic N) is 3. The second-order valence-corrected chi connectivity index (χ2v) is 7.13. The number of aryl methyl sites for hydroxylation is 1. The van der Waals surface area contributed by atoms with Gasteiger partial charge in [0.15, 0.2) is 5.60 Å². The molecule has 0 saturated heterocycles. The minimum atomic E-state index is -0.902. The Bertz CT molecular complexity index is 817.